The van der Waals surface area contributed by atoms with Gasteiger partial charge in [0.25, 0.3) is 0 Å². The number of hydrogen-bond donors (Lipinski definition) is 0. The first-order valence-corrected chi connectivity index (χ1v) is 4.88. The van der Waals surface area contributed by atoms with E-state index in [9.17, 15) is 0 Å². The molecule has 1 heterocycles. The van der Waals surface area contributed by atoms with Crippen LogP contribution in [-0.2, 0) is 11.3 Å². The second kappa shape index (κ2) is 3.92. The lowest BCUT2D eigenvalue weighted by Gasteiger charge is -2.08. The molecule has 3 heteroatoms. The van der Waals surface area contributed by atoms with E-state index < -0.39 is 0 Å². The lowest BCUT2D eigenvalue weighted by molar-refractivity contribution is 0.0423. The van der Waals surface area contributed by atoms with Gasteiger partial charge in [-0.05, 0) is 19.8 Å². The molecule has 0 aromatic carbocycles. The van der Waals surface area contributed by atoms with Crippen molar-refractivity contribution in [3.8, 4) is 0 Å². The number of aromatic nitrogens is 1. The van der Waals surface area contributed by atoms with Crippen molar-refractivity contribution in [2.45, 2.75) is 45.3 Å². The van der Waals surface area contributed by atoms with Crippen molar-refractivity contribution in [3.63, 3.8) is 0 Å². The zero-order valence-corrected chi connectivity index (χ0v) is 7.95. The molecule has 0 N–H and O–H groups in total. The third kappa shape index (κ3) is 2.31. The summed E-state index contributed by atoms with van der Waals surface area (Å²) in [5.74, 6) is 0.852. The van der Waals surface area contributed by atoms with E-state index in [-0.39, 0.29) is 0 Å². The van der Waals surface area contributed by atoms with Crippen molar-refractivity contribution >= 4 is 0 Å². The molecule has 0 radical (unpaired) electrons. The fourth-order valence-electron chi connectivity index (χ4n) is 1.74. The Morgan fingerprint density at radius 3 is 2.92 bits per heavy atom. The van der Waals surface area contributed by atoms with Crippen molar-refractivity contribution in [1.29, 1.82) is 0 Å². The molecule has 0 bridgehead atoms. The van der Waals surface area contributed by atoms with Gasteiger partial charge in [0.05, 0.1) is 12.7 Å². The van der Waals surface area contributed by atoms with Crippen LogP contribution in [0.5, 0.6) is 0 Å². The Bertz CT molecular complexity index is 264. The zero-order valence-electron chi connectivity index (χ0n) is 7.95. The van der Waals surface area contributed by atoms with E-state index in [0.29, 0.717) is 12.7 Å². The highest BCUT2D eigenvalue weighted by molar-refractivity contribution is 5.01. The van der Waals surface area contributed by atoms with E-state index in [1.807, 2.05) is 13.0 Å². The fraction of sp³-hybridized carbons (Fsp3) is 0.700. The third-order valence-corrected chi connectivity index (χ3v) is 2.45. The Morgan fingerprint density at radius 2 is 2.31 bits per heavy atom. The van der Waals surface area contributed by atoms with Crippen LogP contribution < -0.4 is 0 Å². The number of ether oxygens (including phenoxy) is 1. The summed E-state index contributed by atoms with van der Waals surface area (Å²) in [6.07, 6.45) is 5.48. The van der Waals surface area contributed by atoms with Crippen LogP contribution in [0.3, 0.4) is 0 Å². The summed E-state index contributed by atoms with van der Waals surface area (Å²) in [6, 6.07) is 1.93. The second-order valence-corrected chi connectivity index (χ2v) is 3.65. The quantitative estimate of drug-likeness (QED) is 0.718. The lowest BCUT2D eigenvalue weighted by atomic mass is 10.3. The van der Waals surface area contributed by atoms with Crippen molar-refractivity contribution in [3.05, 3.63) is 17.5 Å². The molecular weight excluding hydrogens is 166 g/mol. The predicted molar refractivity (Wildman–Crippen MR) is 48.3 cm³/mol. The highest BCUT2D eigenvalue weighted by Crippen LogP contribution is 2.21. The van der Waals surface area contributed by atoms with Gasteiger partial charge in [0.15, 0.2) is 0 Å². The van der Waals surface area contributed by atoms with Gasteiger partial charge in [0, 0.05) is 6.07 Å². The largest absolute Gasteiger partial charge is 0.372 e. The predicted octanol–water partition coefficient (Wildman–Crippen LogP) is 2.44. The fourth-order valence-corrected chi connectivity index (χ4v) is 1.74. The first-order valence-electron chi connectivity index (χ1n) is 4.88. The molecule has 2 rings (SSSR count). The summed E-state index contributed by atoms with van der Waals surface area (Å²) in [6.45, 7) is 2.49. The normalized spacial score (nSPS) is 18.2. The van der Waals surface area contributed by atoms with E-state index in [4.69, 9.17) is 9.26 Å². The highest BCUT2D eigenvalue weighted by atomic mass is 16.5. The Balaban J connectivity index is 1.78. The molecule has 3 nitrogen and oxygen atoms in total. The van der Waals surface area contributed by atoms with Gasteiger partial charge < -0.3 is 9.26 Å². The van der Waals surface area contributed by atoms with Gasteiger partial charge in [-0.15, -0.1) is 0 Å². The minimum absolute atomic E-state index is 0.456. The second-order valence-electron chi connectivity index (χ2n) is 3.65. The van der Waals surface area contributed by atoms with Gasteiger partial charge in [0.1, 0.15) is 11.5 Å². The van der Waals surface area contributed by atoms with Crippen molar-refractivity contribution < 1.29 is 9.26 Å². The van der Waals surface area contributed by atoms with E-state index in [0.717, 1.165) is 11.5 Å². The maximum absolute atomic E-state index is 5.68. The van der Waals surface area contributed by atoms with Gasteiger partial charge in [-0.3, -0.25) is 0 Å². The number of aryl methyl sites for hydroxylation is 1. The number of rotatable bonds is 3. The topological polar surface area (TPSA) is 35.3 Å². The molecule has 1 aliphatic carbocycles. The molecule has 0 aliphatic heterocycles. The first kappa shape index (κ1) is 8.75. The molecule has 1 aliphatic rings. The molecule has 0 saturated heterocycles. The summed E-state index contributed by atoms with van der Waals surface area (Å²) in [4.78, 5) is 0. The van der Waals surface area contributed by atoms with E-state index >= 15 is 0 Å². The first-order chi connectivity index (χ1) is 6.34. The van der Waals surface area contributed by atoms with Crippen LogP contribution in [0.15, 0.2) is 10.6 Å². The maximum atomic E-state index is 5.68. The summed E-state index contributed by atoms with van der Waals surface area (Å²) >= 11 is 0. The van der Waals surface area contributed by atoms with Crippen LogP contribution in [-0.4, -0.2) is 11.3 Å². The van der Waals surface area contributed by atoms with Crippen LogP contribution in [0.4, 0.5) is 0 Å². The highest BCUT2D eigenvalue weighted by Gasteiger charge is 2.15. The molecule has 1 aromatic heterocycles. The molecule has 72 valence electrons. The maximum Gasteiger partial charge on any atom is 0.134 e. The minimum atomic E-state index is 0.456. The molecule has 1 fully saturated rings. The molecular formula is C10H15NO2. The average Bonchev–Trinajstić information content (AvgIpc) is 2.71. The smallest absolute Gasteiger partial charge is 0.134 e. The summed E-state index contributed by atoms with van der Waals surface area (Å²) in [7, 11) is 0. The van der Waals surface area contributed by atoms with E-state index in [2.05, 4.69) is 5.16 Å². The number of nitrogens with zero attached hydrogens (tertiary/aromatic N) is 1. The van der Waals surface area contributed by atoms with Gasteiger partial charge >= 0.3 is 0 Å². The minimum Gasteiger partial charge on any atom is -0.372 e. The third-order valence-electron chi connectivity index (χ3n) is 2.45. The molecule has 13 heavy (non-hydrogen) atoms. The van der Waals surface area contributed by atoms with Gasteiger partial charge in [-0.1, -0.05) is 18.0 Å². The van der Waals surface area contributed by atoms with Crippen LogP contribution >= 0.6 is 0 Å². The van der Waals surface area contributed by atoms with Gasteiger partial charge in [0.2, 0.25) is 0 Å². The van der Waals surface area contributed by atoms with Crippen molar-refractivity contribution in [1.82, 2.24) is 5.16 Å². The van der Waals surface area contributed by atoms with Crippen LogP contribution in [0.1, 0.15) is 37.1 Å². The molecule has 0 spiro atoms. The monoisotopic (exact) mass is 181 g/mol. The summed E-state index contributed by atoms with van der Waals surface area (Å²) < 4.78 is 10.6. The number of hydrogen-bond acceptors (Lipinski definition) is 3. The summed E-state index contributed by atoms with van der Waals surface area (Å²) in [5.41, 5.74) is 0.907. The van der Waals surface area contributed by atoms with Crippen molar-refractivity contribution in [2.24, 2.45) is 0 Å². The molecule has 1 saturated carbocycles. The van der Waals surface area contributed by atoms with Crippen molar-refractivity contribution in [2.75, 3.05) is 0 Å². The van der Waals surface area contributed by atoms with E-state index in [1.54, 1.807) is 0 Å². The molecule has 1 aromatic rings. The Hall–Kier alpha value is -0.830. The summed E-state index contributed by atoms with van der Waals surface area (Å²) in [5, 5.41) is 3.88. The Kier molecular flexibility index (Phi) is 2.64. The van der Waals surface area contributed by atoms with E-state index in [1.165, 1.54) is 25.7 Å². The molecule has 0 amide bonds. The SMILES string of the molecule is Cc1cc(COC2CCCC2)no1. The zero-order chi connectivity index (χ0) is 9.10. The van der Waals surface area contributed by atoms with Crippen LogP contribution in [0.25, 0.3) is 0 Å². The standard InChI is InChI=1S/C10H15NO2/c1-8-6-9(11-13-8)7-12-10-4-2-3-5-10/h6,10H,2-5,7H2,1H3. The van der Waals surface area contributed by atoms with Crippen LogP contribution in [0, 0.1) is 6.92 Å². The van der Waals surface area contributed by atoms with Crippen LogP contribution in [0.2, 0.25) is 0 Å². The lowest BCUT2D eigenvalue weighted by Crippen LogP contribution is -2.07. The Labute approximate surface area is 78.1 Å². The van der Waals surface area contributed by atoms with Gasteiger partial charge in [-0.25, -0.2) is 0 Å². The molecule has 0 unspecified atom stereocenters. The van der Waals surface area contributed by atoms with Gasteiger partial charge in [-0.2, -0.15) is 0 Å². The Morgan fingerprint density at radius 1 is 1.54 bits per heavy atom. The average molecular weight is 181 g/mol. The molecule has 0 atom stereocenters.